The van der Waals surface area contributed by atoms with Gasteiger partial charge in [-0.15, -0.1) is 0 Å². The van der Waals surface area contributed by atoms with Gasteiger partial charge in [0.1, 0.15) is 17.5 Å². The van der Waals surface area contributed by atoms with Crippen LogP contribution in [0.25, 0.3) is 6.08 Å². The highest BCUT2D eigenvalue weighted by Gasteiger charge is 2.11. The van der Waals surface area contributed by atoms with Crippen LogP contribution in [-0.4, -0.2) is 23.2 Å². The molecule has 2 rings (SSSR count). The Morgan fingerprint density at radius 3 is 2.65 bits per heavy atom. The highest BCUT2D eigenvalue weighted by Crippen LogP contribution is 2.25. The number of hydrogen-bond donors (Lipinski definition) is 1. The van der Waals surface area contributed by atoms with E-state index in [1.165, 1.54) is 19.3 Å². The summed E-state index contributed by atoms with van der Waals surface area (Å²) in [4.78, 5) is 15.5. The van der Waals surface area contributed by atoms with Crippen LogP contribution in [0, 0.1) is 0 Å². The zero-order chi connectivity index (χ0) is 16.7. The van der Waals surface area contributed by atoms with Crippen LogP contribution >= 0.6 is 0 Å². The summed E-state index contributed by atoms with van der Waals surface area (Å²) in [6, 6.07) is 13.2. The molecule has 1 atom stereocenters. The quantitative estimate of drug-likeness (QED) is 0.656. The third kappa shape index (κ3) is 4.66. The minimum absolute atomic E-state index is 0.178. The molecule has 1 aromatic heterocycles. The monoisotopic (exact) mass is 313 g/mol. The van der Waals surface area contributed by atoms with Crippen LogP contribution < -0.4 is 4.74 Å². The Morgan fingerprint density at radius 1 is 1.26 bits per heavy atom. The molecule has 5 nitrogen and oxygen atoms in total. The van der Waals surface area contributed by atoms with Crippen molar-refractivity contribution in [1.82, 2.24) is 4.98 Å². The molecule has 0 radical (unpaired) electrons. The molecule has 0 aliphatic rings. The molecule has 0 fully saturated rings. The highest BCUT2D eigenvalue weighted by atomic mass is 16.5. The van der Waals surface area contributed by atoms with Crippen LogP contribution in [0.1, 0.15) is 30.0 Å². The number of hydrogen-bond acceptors (Lipinski definition) is 5. The lowest BCUT2D eigenvalue weighted by molar-refractivity contribution is -0.134. The Hall–Kier alpha value is -2.66. The fourth-order valence-corrected chi connectivity index (χ4v) is 2.01. The molecule has 1 heterocycles. The van der Waals surface area contributed by atoms with Crippen LogP contribution in [0.3, 0.4) is 0 Å². The van der Waals surface area contributed by atoms with Crippen LogP contribution in [0.5, 0.6) is 5.75 Å². The van der Waals surface area contributed by atoms with Gasteiger partial charge in [0.15, 0.2) is 0 Å². The summed E-state index contributed by atoms with van der Waals surface area (Å²) in [5, 5.41) is 9.22. The number of ether oxygens (including phenoxy) is 2. The summed E-state index contributed by atoms with van der Waals surface area (Å²) < 4.78 is 10.5. The van der Waals surface area contributed by atoms with Crippen molar-refractivity contribution in [3.63, 3.8) is 0 Å². The number of nitrogens with zero attached hydrogens (tertiary/aromatic N) is 1. The predicted octanol–water partition coefficient (Wildman–Crippen LogP) is 2.90. The van der Waals surface area contributed by atoms with E-state index in [1.807, 2.05) is 37.3 Å². The van der Waals surface area contributed by atoms with Gasteiger partial charge >= 0.3 is 5.97 Å². The van der Waals surface area contributed by atoms with Crippen molar-refractivity contribution in [2.75, 3.05) is 7.11 Å². The van der Waals surface area contributed by atoms with Gasteiger partial charge in [0.25, 0.3) is 0 Å². The van der Waals surface area contributed by atoms with Gasteiger partial charge in [0.2, 0.25) is 0 Å². The first-order valence-electron chi connectivity index (χ1n) is 7.22. The molecule has 0 saturated carbocycles. The van der Waals surface area contributed by atoms with Crippen LogP contribution in [0.15, 0.2) is 48.5 Å². The predicted molar refractivity (Wildman–Crippen MR) is 86.7 cm³/mol. The summed E-state index contributed by atoms with van der Waals surface area (Å²) in [7, 11) is 1.30. The van der Waals surface area contributed by atoms with Crippen LogP contribution in [-0.2, 0) is 16.1 Å². The first-order chi connectivity index (χ1) is 11.1. The zero-order valence-electron chi connectivity index (χ0n) is 13.1. The largest absolute Gasteiger partial charge is 0.484 e. The Balaban J connectivity index is 2.26. The molecule has 0 aliphatic carbocycles. The number of aliphatic hydroxyl groups excluding tert-OH is 1. The molecule has 1 aromatic carbocycles. The molecule has 1 unspecified atom stereocenters. The third-order valence-corrected chi connectivity index (χ3v) is 3.26. The van der Waals surface area contributed by atoms with Crippen molar-refractivity contribution in [2.24, 2.45) is 0 Å². The number of aliphatic hydroxyl groups is 1. The molecule has 5 heteroatoms. The van der Waals surface area contributed by atoms with Gasteiger partial charge in [-0.1, -0.05) is 30.3 Å². The average molecular weight is 313 g/mol. The number of carbonyl (C=O) groups is 1. The van der Waals surface area contributed by atoms with E-state index in [0.29, 0.717) is 17.1 Å². The molecule has 120 valence electrons. The molecule has 0 saturated heterocycles. The Labute approximate surface area is 135 Å². The van der Waals surface area contributed by atoms with Gasteiger partial charge in [-0.25, -0.2) is 9.78 Å². The van der Waals surface area contributed by atoms with E-state index < -0.39 is 5.97 Å². The van der Waals surface area contributed by atoms with Gasteiger partial charge in [-0.2, -0.15) is 0 Å². The van der Waals surface area contributed by atoms with Gasteiger partial charge in [0.05, 0.1) is 19.4 Å². The van der Waals surface area contributed by atoms with E-state index in [9.17, 15) is 9.90 Å². The minimum Gasteiger partial charge on any atom is -0.484 e. The molecule has 23 heavy (non-hydrogen) atoms. The lowest BCUT2D eigenvalue weighted by Gasteiger charge is -2.16. The van der Waals surface area contributed by atoms with Gasteiger partial charge in [-0.05, 0) is 30.7 Å². The summed E-state index contributed by atoms with van der Waals surface area (Å²) in [5.74, 6) is 0.0435. The summed E-state index contributed by atoms with van der Waals surface area (Å²) in [5.41, 5.74) is 1.99. The Morgan fingerprint density at radius 2 is 2.00 bits per heavy atom. The second-order valence-electron chi connectivity index (χ2n) is 4.87. The summed E-state index contributed by atoms with van der Waals surface area (Å²) in [6.45, 7) is 1.75. The van der Waals surface area contributed by atoms with Crippen LogP contribution in [0.2, 0.25) is 0 Å². The SMILES string of the molecule is COC(=O)C=Cc1nc(CO)ccc1OC(C)c1ccccc1. The van der Waals surface area contributed by atoms with Crippen molar-refractivity contribution in [3.8, 4) is 5.75 Å². The normalized spacial score (nSPS) is 12.1. The van der Waals surface area contributed by atoms with Crippen molar-refractivity contribution >= 4 is 12.0 Å². The number of esters is 1. The second kappa shape index (κ2) is 8.10. The average Bonchev–Trinajstić information content (AvgIpc) is 2.61. The second-order valence-corrected chi connectivity index (χ2v) is 4.87. The Kier molecular flexibility index (Phi) is 5.88. The number of benzene rings is 1. The fraction of sp³-hybridized carbons (Fsp3) is 0.222. The lowest BCUT2D eigenvalue weighted by atomic mass is 10.1. The zero-order valence-corrected chi connectivity index (χ0v) is 13.1. The third-order valence-electron chi connectivity index (χ3n) is 3.26. The van der Waals surface area contributed by atoms with Gasteiger partial charge < -0.3 is 14.6 Å². The molecule has 0 spiro atoms. The van der Waals surface area contributed by atoms with E-state index in [4.69, 9.17) is 4.74 Å². The number of methoxy groups -OCH3 is 1. The first-order valence-corrected chi connectivity index (χ1v) is 7.22. The van der Waals surface area contributed by atoms with Crippen molar-refractivity contribution in [1.29, 1.82) is 0 Å². The lowest BCUT2D eigenvalue weighted by Crippen LogP contribution is -2.05. The summed E-state index contributed by atoms with van der Waals surface area (Å²) >= 11 is 0. The first kappa shape index (κ1) is 16.7. The highest BCUT2D eigenvalue weighted by molar-refractivity contribution is 5.87. The van der Waals surface area contributed by atoms with E-state index >= 15 is 0 Å². The fourth-order valence-electron chi connectivity index (χ4n) is 2.01. The van der Waals surface area contributed by atoms with E-state index in [1.54, 1.807) is 12.1 Å². The molecule has 0 bridgehead atoms. The van der Waals surface area contributed by atoms with Crippen LogP contribution in [0.4, 0.5) is 0 Å². The van der Waals surface area contributed by atoms with E-state index in [2.05, 4.69) is 9.72 Å². The topological polar surface area (TPSA) is 68.7 Å². The van der Waals surface area contributed by atoms with Crippen molar-refractivity contribution < 1.29 is 19.4 Å². The number of aromatic nitrogens is 1. The number of rotatable bonds is 6. The molecule has 2 aromatic rings. The molecule has 0 amide bonds. The molecule has 1 N–H and O–H groups in total. The summed E-state index contributed by atoms with van der Waals surface area (Å²) in [6.07, 6.45) is 2.60. The molecular formula is C18H19NO4. The number of carbonyl (C=O) groups excluding carboxylic acids is 1. The van der Waals surface area contributed by atoms with Gasteiger partial charge in [-0.3, -0.25) is 0 Å². The maximum Gasteiger partial charge on any atom is 0.330 e. The standard InChI is InChI=1S/C18H19NO4/c1-13(14-6-4-3-5-7-14)23-17-10-8-15(12-20)19-16(17)9-11-18(21)22-2/h3-11,13,20H,12H2,1-2H3. The van der Waals surface area contributed by atoms with E-state index in [0.717, 1.165) is 5.56 Å². The maximum atomic E-state index is 11.3. The molecule has 0 aliphatic heterocycles. The number of pyridine rings is 1. The van der Waals surface area contributed by atoms with Gasteiger partial charge in [0, 0.05) is 6.08 Å². The minimum atomic E-state index is -0.483. The van der Waals surface area contributed by atoms with Crippen molar-refractivity contribution in [2.45, 2.75) is 19.6 Å². The smallest absolute Gasteiger partial charge is 0.330 e. The maximum absolute atomic E-state index is 11.3. The van der Waals surface area contributed by atoms with Crippen molar-refractivity contribution in [3.05, 3.63) is 65.5 Å². The molecular weight excluding hydrogens is 294 g/mol. The Bertz CT molecular complexity index is 683. The van der Waals surface area contributed by atoms with E-state index in [-0.39, 0.29) is 12.7 Å².